The van der Waals surface area contributed by atoms with Gasteiger partial charge < -0.3 is 5.11 Å². The highest BCUT2D eigenvalue weighted by Crippen LogP contribution is 2.51. The van der Waals surface area contributed by atoms with E-state index in [1.807, 2.05) is 0 Å². The van der Waals surface area contributed by atoms with Gasteiger partial charge in [-0.1, -0.05) is 78.7 Å². The lowest BCUT2D eigenvalue weighted by molar-refractivity contribution is -0.130. The fraction of sp³-hybridized carbons (Fsp3) is 0.0690. The van der Waals surface area contributed by atoms with Gasteiger partial charge in [0, 0.05) is 12.3 Å². The molecule has 0 radical (unpaired) electrons. The second-order valence-corrected chi connectivity index (χ2v) is 9.58. The Morgan fingerprint density at radius 1 is 0.688 bits per heavy atom. The number of benzene rings is 4. The molecule has 0 aliphatic rings. The minimum atomic E-state index is -1.08. The lowest BCUT2D eigenvalue weighted by Crippen LogP contribution is -1.90. The Bertz CT molecular complexity index is 1210. The third-order valence-corrected chi connectivity index (χ3v) is 7.55. The summed E-state index contributed by atoms with van der Waals surface area (Å²) in [6.07, 6.45) is 1.26. The number of carboxylic acid groups (broad SMARTS) is 1. The molecular formula is C29H24O2S. The summed E-state index contributed by atoms with van der Waals surface area (Å²) in [5, 5.41) is 8.67. The third kappa shape index (κ3) is 5.49. The maximum absolute atomic E-state index is 10.6. The van der Waals surface area contributed by atoms with Crippen LogP contribution in [0.1, 0.15) is 12.0 Å². The number of hydrogen-bond acceptors (Lipinski definition) is 1. The van der Waals surface area contributed by atoms with Crippen LogP contribution in [-0.4, -0.2) is 11.1 Å². The van der Waals surface area contributed by atoms with Crippen molar-refractivity contribution in [2.75, 3.05) is 0 Å². The molecule has 3 heteroatoms. The molecule has 0 fully saturated rings. The maximum atomic E-state index is 10.6. The van der Waals surface area contributed by atoms with Crippen LogP contribution in [0.4, 0.5) is 0 Å². The van der Waals surface area contributed by atoms with E-state index in [0.29, 0.717) is 6.42 Å². The number of carboxylic acids is 1. The SMILES string of the molecule is O=C(O)C#CCCc1cccc(-c2cccc([SH](c3ccccc3)c3ccccc3)c2)c1. The zero-order valence-electron chi connectivity index (χ0n) is 17.6. The molecule has 0 atom stereocenters. The molecule has 0 aliphatic carbocycles. The molecule has 4 aromatic carbocycles. The van der Waals surface area contributed by atoms with Crippen molar-refractivity contribution in [1.82, 2.24) is 0 Å². The van der Waals surface area contributed by atoms with Crippen molar-refractivity contribution in [1.29, 1.82) is 0 Å². The lowest BCUT2D eigenvalue weighted by atomic mass is 10.0. The van der Waals surface area contributed by atoms with Crippen LogP contribution < -0.4 is 0 Å². The van der Waals surface area contributed by atoms with E-state index in [4.69, 9.17) is 5.11 Å². The molecule has 0 heterocycles. The van der Waals surface area contributed by atoms with Gasteiger partial charge in [0.15, 0.2) is 0 Å². The predicted octanol–water partition coefficient (Wildman–Crippen LogP) is 6.85. The van der Waals surface area contributed by atoms with E-state index in [1.165, 1.54) is 20.2 Å². The van der Waals surface area contributed by atoms with Gasteiger partial charge in [-0.15, -0.1) is 0 Å². The third-order valence-electron chi connectivity index (χ3n) is 5.13. The van der Waals surface area contributed by atoms with Gasteiger partial charge in [-0.25, -0.2) is 4.79 Å². The second-order valence-electron chi connectivity index (χ2n) is 7.36. The van der Waals surface area contributed by atoms with Crippen molar-refractivity contribution in [3.63, 3.8) is 0 Å². The summed E-state index contributed by atoms with van der Waals surface area (Å²) in [6.45, 7) is 0. The van der Waals surface area contributed by atoms with Crippen LogP contribution in [0.5, 0.6) is 0 Å². The summed E-state index contributed by atoms with van der Waals surface area (Å²) in [6, 6.07) is 38.6. The quantitative estimate of drug-likeness (QED) is 0.256. The van der Waals surface area contributed by atoms with Crippen molar-refractivity contribution < 1.29 is 9.90 Å². The fourth-order valence-corrected chi connectivity index (χ4v) is 6.02. The molecule has 4 rings (SSSR count). The average molecular weight is 437 g/mol. The van der Waals surface area contributed by atoms with Gasteiger partial charge in [0.05, 0.1) is 0 Å². The van der Waals surface area contributed by atoms with Gasteiger partial charge in [-0.2, -0.15) is 10.9 Å². The van der Waals surface area contributed by atoms with Gasteiger partial charge in [-0.05, 0) is 74.2 Å². The Hall–Kier alpha value is -3.74. The van der Waals surface area contributed by atoms with E-state index < -0.39 is 16.9 Å². The molecule has 0 amide bonds. The van der Waals surface area contributed by atoms with Crippen LogP contribution in [0.25, 0.3) is 11.1 Å². The van der Waals surface area contributed by atoms with Crippen molar-refractivity contribution in [3.8, 4) is 23.0 Å². The molecule has 0 spiro atoms. The van der Waals surface area contributed by atoms with Gasteiger partial charge >= 0.3 is 5.97 Å². The summed E-state index contributed by atoms with van der Waals surface area (Å²) in [5.41, 5.74) is 3.49. The molecule has 158 valence electrons. The first-order valence-corrected chi connectivity index (χ1v) is 11.9. The van der Waals surface area contributed by atoms with E-state index in [1.54, 1.807) is 0 Å². The molecule has 1 N–H and O–H groups in total. The zero-order chi connectivity index (χ0) is 22.2. The zero-order valence-corrected chi connectivity index (χ0v) is 18.5. The minimum absolute atomic E-state index is 0.531. The Morgan fingerprint density at radius 2 is 1.25 bits per heavy atom. The van der Waals surface area contributed by atoms with Crippen LogP contribution in [0.2, 0.25) is 0 Å². The molecular weight excluding hydrogens is 412 g/mol. The van der Waals surface area contributed by atoms with Crippen LogP contribution in [0.15, 0.2) is 124 Å². The van der Waals surface area contributed by atoms with E-state index in [2.05, 4.69) is 121 Å². The molecule has 0 aromatic heterocycles. The number of aryl methyl sites for hydroxylation is 1. The first-order chi connectivity index (χ1) is 15.7. The van der Waals surface area contributed by atoms with E-state index >= 15 is 0 Å². The molecule has 2 nitrogen and oxygen atoms in total. The molecule has 0 bridgehead atoms. The smallest absolute Gasteiger partial charge is 0.381 e. The lowest BCUT2D eigenvalue weighted by Gasteiger charge is -2.24. The Labute approximate surface area is 191 Å². The number of aliphatic carboxylic acids is 1. The van der Waals surface area contributed by atoms with E-state index in [-0.39, 0.29) is 0 Å². The first kappa shape index (κ1) is 21.5. The van der Waals surface area contributed by atoms with E-state index in [9.17, 15) is 4.79 Å². The Kier molecular flexibility index (Phi) is 7.07. The van der Waals surface area contributed by atoms with Crippen LogP contribution in [-0.2, 0) is 11.2 Å². The maximum Gasteiger partial charge on any atom is 0.381 e. The number of carbonyl (C=O) groups is 1. The molecule has 4 aromatic rings. The topological polar surface area (TPSA) is 37.3 Å². The van der Waals surface area contributed by atoms with Gasteiger partial charge in [-0.3, -0.25) is 0 Å². The van der Waals surface area contributed by atoms with Crippen LogP contribution in [0, 0.1) is 11.8 Å². The second kappa shape index (κ2) is 10.5. The monoisotopic (exact) mass is 436 g/mol. The number of hydrogen-bond donors (Lipinski definition) is 2. The molecule has 32 heavy (non-hydrogen) atoms. The van der Waals surface area contributed by atoms with Crippen LogP contribution >= 0.6 is 10.9 Å². The van der Waals surface area contributed by atoms with Crippen molar-refractivity contribution in [2.24, 2.45) is 0 Å². The standard InChI is InChI=1S/C29H24O2S/c30-29(31)20-8-7-11-23-12-9-13-24(21-23)25-14-10-19-28(22-25)32(26-15-3-1-4-16-26)27-17-5-2-6-18-27/h1-6,9-10,12-19,21-22,32H,7,11H2,(H,30,31). The van der Waals surface area contributed by atoms with Crippen molar-refractivity contribution in [2.45, 2.75) is 27.5 Å². The fourth-order valence-electron chi connectivity index (χ4n) is 3.68. The van der Waals surface area contributed by atoms with Gasteiger partial charge in [0.25, 0.3) is 0 Å². The Morgan fingerprint density at radius 3 is 1.88 bits per heavy atom. The summed E-state index contributed by atoms with van der Waals surface area (Å²) in [7, 11) is -0.652. The number of thiol groups is 1. The largest absolute Gasteiger partial charge is 0.472 e. The van der Waals surface area contributed by atoms with Crippen molar-refractivity contribution in [3.05, 3.63) is 115 Å². The highest BCUT2D eigenvalue weighted by Gasteiger charge is 2.13. The normalized spacial score (nSPS) is 10.7. The van der Waals surface area contributed by atoms with Crippen LogP contribution in [0.3, 0.4) is 0 Å². The highest BCUT2D eigenvalue weighted by molar-refractivity contribution is 8.17. The van der Waals surface area contributed by atoms with E-state index in [0.717, 1.165) is 17.5 Å². The van der Waals surface area contributed by atoms with Crippen molar-refractivity contribution >= 4 is 16.9 Å². The van der Waals surface area contributed by atoms with Gasteiger partial charge in [0.2, 0.25) is 0 Å². The van der Waals surface area contributed by atoms with Gasteiger partial charge in [0.1, 0.15) is 0 Å². The average Bonchev–Trinajstić information content (AvgIpc) is 2.84. The molecule has 0 unspecified atom stereocenters. The first-order valence-electron chi connectivity index (χ1n) is 10.5. The summed E-state index contributed by atoms with van der Waals surface area (Å²) < 4.78 is 0. The predicted molar refractivity (Wildman–Crippen MR) is 132 cm³/mol. The number of rotatable bonds is 6. The summed E-state index contributed by atoms with van der Waals surface area (Å²) in [5.74, 6) is 3.81. The Balaban J connectivity index is 1.66. The molecule has 0 saturated carbocycles. The molecule has 0 aliphatic heterocycles. The summed E-state index contributed by atoms with van der Waals surface area (Å²) >= 11 is 0. The highest BCUT2D eigenvalue weighted by atomic mass is 32.2. The molecule has 0 saturated heterocycles. The minimum Gasteiger partial charge on any atom is -0.472 e. The summed E-state index contributed by atoms with van der Waals surface area (Å²) in [4.78, 5) is 14.5.